The van der Waals surface area contributed by atoms with Crippen molar-refractivity contribution in [3.05, 3.63) is 29.3 Å². The molecule has 1 aromatic rings. The standard InChI is InChI=1S/C16H26N2O/c1-5-11(3)9-14(6-2)18-15-8-7-13(16(17)19)10-12(15)4/h7-8,10-11,14,18H,5-6,9H2,1-4H3,(H2,17,19). The van der Waals surface area contributed by atoms with E-state index in [1.807, 2.05) is 19.1 Å². The topological polar surface area (TPSA) is 55.1 Å². The van der Waals surface area contributed by atoms with Gasteiger partial charge in [0.1, 0.15) is 0 Å². The molecular weight excluding hydrogens is 236 g/mol. The lowest BCUT2D eigenvalue weighted by Crippen LogP contribution is -2.22. The number of amides is 1. The second kappa shape index (κ2) is 7.17. The first-order valence-corrected chi connectivity index (χ1v) is 7.14. The van der Waals surface area contributed by atoms with Crippen molar-refractivity contribution in [3.63, 3.8) is 0 Å². The normalized spacial score (nSPS) is 13.9. The number of rotatable bonds is 7. The first-order valence-electron chi connectivity index (χ1n) is 7.14. The van der Waals surface area contributed by atoms with Crippen LogP contribution < -0.4 is 11.1 Å². The smallest absolute Gasteiger partial charge is 0.248 e. The first-order chi connectivity index (χ1) is 8.97. The molecule has 0 fully saturated rings. The van der Waals surface area contributed by atoms with Gasteiger partial charge in [0.15, 0.2) is 0 Å². The lowest BCUT2D eigenvalue weighted by molar-refractivity contribution is 0.1000. The summed E-state index contributed by atoms with van der Waals surface area (Å²) >= 11 is 0. The van der Waals surface area contributed by atoms with Gasteiger partial charge in [0.05, 0.1) is 0 Å². The average Bonchev–Trinajstić information content (AvgIpc) is 2.39. The van der Waals surface area contributed by atoms with E-state index in [1.54, 1.807) is 6.07 Å². The molecule has 0 heterocycles. The Bertz CT molecular complexity index is 429. The highest BCUT2D eigenvalue weighted by Crippen LogP contribution is 2.21. The molecule has 0 aromatic heterocycles. The van der Waals surface area contributed by atoms with E-state index in [2.05, 4.69) is 26.1 Å². The Morgan fingerprint density at radius 1 is 1.32 bits per heavy atom. The molecule has 0 radical (unpaired) electrons. The van der Waals surface area contributed by atoms with Crippen LogP contribution in [0.15, 0.2) is 18.2 Å². The molecule has 3 heteroatoms. The number of benzene rings is 1. The first kappa shape index (κ1) is 15.5. The van der Waals surface area contributed by atoms with E-state index in [9.17, 15) is 4.79 Å². The Hall–Kier alpha value is -1.51. The van der Waals surface area contributed by atoms with Crippen LogP contribution in [0.3, 0.4) is 0 Å². The summed E-state index contributed by atoms with van der Waals surface area (Å²) in [6.07, 6.45) is 3.48. The van der Waals surface area contributed by atoms with Crippen LogP contribution in [0.1, 0.15) is 56.0 Å². The molecule has 0 aliphatic heterocycles. The zero-order valence-corrected chi connectivity index (χ0v) is 12.5. The summed E-state index contributed by atoms with van der Waals surface area (Å²) in [6, 6.07) is 6.07. The fraction of sp³-hybridized carbons (Fsp3) is 0.562. The SMILES string of the molecule is CCC(C)CC(CC)Nc1ccc(C(N)=O)cc1C. The van der Waals surface area contributed by atoms with E-state index >= 15 is 0 Å². The molecule has 0 bridgehead atoms. The highest BCUT2D eigenvalue weighted by Gasteiger charge is 2.12. The Labute approximate surface area is 116 Å². The molecule has 1 amide bonds. The zero-order valence-electron chi connectivity index (χ0n) is 12.5. The largest absolute Gasteiger partial charge is 0.382 e. The number of aryl methyl sites for hydroxylation is 1. The van der Waals surface area contributed by atoms with Crippen molar-refractivity contribution in [2.75, 3.05) is 5.32 Å². The number of nitrogens with one attached hydrogen (secondary N) is 1. The number of anilines is 1. The Morgan fingerprint density at radius 3 is 2.47 bits per heavy atom. The number of carbonyl (C=O) groups excluding carboxylic acids is 1. The van der Waals surface area contributed by atoms with Gasteiger partial charge in [-0.05, 0) is 49.4 Å². The summed E-state index contributed by atoms with van der Waals surface area (Å²) in [4.78, 5) is 11.1. The summed E-state index contributed by atoms with van der Waals surface area (Å²) in [5.74, 6) is 0.351. The van der Waals surface area contributed by atoms with Crippen molar-refractivity contribution < 1.29 is 4.79 Å². The Kier molecular flexibility index (Phi) is 5.87. The van der Waals surface area contributed by atoms with Gasteiger partial charge < -0.3 is 11.1 Å². The highest BCUT2D eigenvalue weighted by atomic mass is 16.1. The Morgan fingerprint density at radius 2 is 2.00 bits per heavy atom. The fourth-order valence-electron chi connectivity index (χ4n) is 2.18. The van der Waals surface area contributed by atoms with Gasteiger partial charge in [0.25, 0.3) is 0 Å². The lowest BCUT2D eigenvalue weighted by Gasteiger charge is -2.22. The summed E-state index contributed by atoms with van der Waals surface area (Å²) in [6.45, 7) is 8.72. The quantitative estimate of drug-likeness (QED) is 0.787. The van der Waals surface area contributed by atoms with Crippen LogP contribution >= 0.6 is 0 Å². The summed E-state index contributed by atoms with van der Waals surface area (Å²) < 4.78 is 0. The summed E-state index contributed by atoms with van der Waals surface area (Å²) in [5, 5.41) is 3.58. The van der Waals surface area contributed by atoms with Crippen molar-refractivity contribution in [3.8, 4) is 0 Å². The van der Waals surface area contributed by atoms with Crippen molar-refractivity contribution in [1.82, 2.24) is 0 Å². The van der Waals surface area contributed by atoms with E-state index in [0.717, 1.165) is 23.6 Å². The van der Waals surface area contributed by atoms with Crippen molar-refractivity contribution in [2.45, 2.75) is 53.0 Å². The highest BCUT2D eigenvalue weighted by molar-refractivity contribution is 5.93. The van der Waals surface area contributed by atoms with E-state index < -0.39 is 0 Å². The van der Waals surface area contributed by atoms with E-state index in [1.165, 1.54) is 12.8 Å². The molecule has 2 unspecified atom stereocenters. The molecule has 1 rings (SSSR count). The minimum absolute atomic E-state index is 0.374. The van der Waals surface area contributed by atoms with Gasteiger partial charge in [0, 0.05) is 17.3 Å². The lowest BCUT2D eigenvalue weighted by atomic mass is 9.97. The average molecular weight is 262 g/mol. The second-order valence-corrected chi connectivity index (χ2v) is 5.39. The maximum absolute atomic E-state index is 11.1. The van der Waals surface area contributed by atoms with Crippen LogP contribution in [0.5, 0.6) is 0 Å². The predicted molar refractivity (Wildman–Crippen MR) is 81.5 cm³/mol. The zero-order chi connectivity index (χ0) is 14.4. The molecule has 0 spiro atoms. The van der Waals surface area contributed by atoms with E-state index in [-0.39, 0.29) is 5.91 Å². The van der Waals surface area contributed by atoms with Crippen molar-refractivity contribution in [1.29, 1.82) is 0 Å². The summed E-state index contributed by atoms with van der Waals surface area (Å²) in [7, 11) is 0. The molecule has 3 N–H and O–H groups in total. The molecule has 3 nitrogen and oxygen atoms in total. The molecule has 0 aliphatic rings. The molecule has 2 atom stereocenters. The van der Waals surface area contributed by atoms with Gasteiger partial charge in [-0.25, -0.2) is 0 Å². The molecule has 1 aromatic carbocycles. The second-order valence-electron chi connectivity index (χ2n) is 5.39. The Balaban J connectivity index is 2.77. The van der Waals surface area contributed by atoms with Crippen LogP contribution in [0.2, 0.25) is 0 Å². The minimum atomic E-state index is -0.374. The maximum Gasteiger partial charge on any atom is 0.248 e. The van der Waals surface area contributed by atoms with Crippen LogP contribution in [-0.2, 0) is 0 Å². The van der Waals surface area contributed by atoms with Crippen molar-refractivity contribution in [2.24, 2.45) is 11.7 Å². The van der Waals surface area contributed by atoms with Gasteiger partial charge in [-0.3, -0.25) is 4.79 Å². The molecule has 106 valence electrons. The van der Waals surface area contributed by atoms with Crippen molar-refractivity contribution >= 4 is 11.6 Å². The number of nitrogens with two attached hydrogens (primary N) is 1. The number of carbonyl (C=O) groups is 1. The van der Waals surface area contributed by atoms with E-state index in [4.69, 9.17) is 5.73 Å². The third-order valence-electron chi connectivity index (χ3n) is 3.75. The van der Waals surface area contributed by atoms with Gasteiger partial charge in [-0.15, -0.1) is 0 Å². The maximum atomic E-state index is 11.1. The van der Waals surface area contributed by atoms with E-state index in [0.29, 0.717) is 11.6 Å². The molecule has 19 heavy (non-hydrogen) atoms. The molecule has 0 saturated heterocycles. The van der Waals surface area contributed by atoms with Gasteiger partial charge in [-0.1, -0.05) is 27.2 Å². The van der Waals surface area contributed by atoms with Gasteiger partial charge in [-0.2, -0.15) is 0 Å². The fourth-order valence-corrected chi connectivity index (χ4v) is 2.18. The number of primary amides is 1. The van der Waals surface area contributed by atoms with Crippen LogP contribution in [0, 0.1) is 12.8 Å². The molecule has 0 aliphatic carbocycles. The number of hydrogen-bond acceptors (Lipinski definition) is 2. The molecular formula is C16H26N2O. The third-order valence-corrected chi connectivity index (χ3v) is 3.75. The predicted octanol–water partition coefficient (Wildman–Crippen LogP) is 3.72. The molecule has 0 saturated carbocycles. The van der Waals surface area contributed by atoms with Crippen LogP contribution in [0.4, 0.5) is 5.69 Å². The van der Waals surface area contributed by atoms with Crippen LogP contribution in [-0.4, -0.2) is 11.9 Å². The monoisotopic (exact) mass is 262 g/mol. The van der Waals surface area contributed by atoms with Crippen LogP contribution in [0.25, 0.3) is 0 Å². The summed E-state index contributed by atoms with van der Waals surface area (Å²) in [5.41, 5.74) is 8.02. The minimum Gasteiger partial charge on any atom is -0.382 e. The number of hydrogen-bond donors (Lipinski definition) is 2. The van der Waals surface area contributed by atoms with Gasteiger partial charge >= 0.3 is 0 Å². The van der Waals surface area contributed by atoms with Gasteiger partial charge in [0.2, 0.25) is 5.91 Å². The third kappa shape index (κ3) is 4.58.